The molecule has 10 heteroatoms. The highest BCUT2D eigenvalue weighted by atomic mass is 19.1. The molecule has 1 amide bonds. The molecule has 0 aliphatic carbocycles. The Hall–Kier alpha value is -4.05. The zero-order valence-corrected chi connectivity index (χ0v) is 22.8. The predicted octanol–water partition coefficient (Wildman–Crippen LogP) is 3.30. The average molecular weight is 554 g/mol. The summed E-state index contributed by atoms with van der Waals surface area (Å²) in [5, 5.41) is 3.13. The summed E-state index contributed by atoms with van der Waals surface area (Å²) in [4.78, 5) is 43.7. The van der Waals surface area contributed by atoms with E-state index in [1.54, 1.807) is 4.90 Å². The summed E-state index contributed by atoms with van der Waals surface area (Å²) in [5.41, 5.74) is 0.604. The lowest BCUT2D eigenvalue weighted by molar-refractivity contribution is -0.137. The first-order chi connectivity index (χ1) is 19.2. The Bertz CT molecular complexity index is 1310. The van der Waals surface area contributed by atoms with Gasteiger partial charge in [-0.2, -0.15) is 0 Å². The van der Waals surface area contributed by atoms with Crippen LogP contribution in [0.5, 0.6) is 0 Å². The number of rotatable bonds is 8. The average Bonchev–Trinajstić information content (AvgIpc) is 2.96. The number of halogens is 2. The van der Waals surface area contributed by atoms with Crippen LogP contribution in [0, 0.1) is 11.6 Å². The zero-order valence-electron chi connectivity index (χ0n) is 22.8. The van der Waals surface area contributed by atoms with E-state index in [1.807, 2.05) is 37.4 Å². The molecule has 1 N–H and O–H groups in total. The number of hydrogen-bond acceptors (Lipinski definition) is 7. The zero-order chi connectivity index (χ0) is 28.8. The van der Waals surface area contributed by atoms with Crippen molar-refractivity contribution in [2.45, 2.75) is 25.2 Å². The quantitative estimate of drug-likeness (QED) is 0.502. The fraction of sp³-hybridized carbons (Fsp3) is 0.367. The van der Waals surface area contributed by atoms with E-state index in [1.165, 1.54) is 6.07 Å². The van der Waals surface area contributed by atoms with Gasteiger partial charge < -0.3 is 24.6 Å². The number of aryl methyl sites for hydroxylation is 1. The third-order valence-electron chi connectivity index (χ3n) is 7.32. The van der Waals surface area contributed by atoms with Crippen molar-refractivity contribution in [3.63, 3.8) is 0 Å². The summed E-state index contributed by atoms with van der Waals surface area (Å²) in [6, 6.07) is 12.8. The van der Waals surface area contributed by atoms with Gasteiger partial charge in [0.05, 0.1) is 37.7 Å². The van der Waals surface area contributed by atoms with Crippen LogP contribution in [0.2, 0.25) is 0 Å². The first-order valence-electron chi connectivity index (χ1n) is 13.1. The highest BCUT2D eigenvalue weighted by molar-refractivity contribution is 6.00. The molecule has 8 nitrogen and oxygen atoms in total. The Kier molecular flexibility index (Phi) is 9.31. The number of piperazine rings is 1. The summed E-state index contributed by atoms with van der Waals surface area (Å²) in [6.07, 6.45) is 0.481. The van der Waals surface area contributed by atoms with Crippen molar-refractivity contribution in [1.82, 2.24) is 15.1 Å². The molecule has 2 aromatic carbocycles. The summed E-state index contributed by atoms with van der Waals surface area (Å²) in [5.74, 6) is -5.40. The normalized spacial score (nSPS) is 17.9. The van der Waals surface area contributed by atoms with Crippen LogP contribution in [0.4, 0.5) is 8.78 Å². The lowest BCUT2D eigenvalue weighted by Gasteiger charge is -2.35. The molecule has 4 rings (SSSR count). The number of benzene rings is 2. The van der Waals surface area contributed by atoms with E-state index in [-0.39, 0.29) is 35.6 Å². The first-order valence-corrected chi connectivity index (χ1v) is 13.1. The number of esters is 2. The lowest BCUT2D eigenvalue weighted by atomic mass is 9.78. The van der Waals surface area contributed by atoms with Crippen LogP contribution >= 0.6 is 0 Å². The highest BCUT2D eigenvalue weighted by Gasteiger charge is 2.42. The molecule has 0 aromatic heterocycles. The number of nitrogens with zero attached hydrogens (tertiary/aromatic N) is 2. The molecule has 212 valence electrons. The fourth-order valence-corrected chi connectivity index (χ4v) is 5.16. The van der Waals surface area contributed by atoms with Gasteiger partial charge in [-0.25, -0.2) is 18.4 Å². The van der Waals surface area contributed by atoms with Gasteiger partial charge in [0, 0.05) is 43.1 Å². The Balaban J connectivity index is 1.86. The second-order valence-electron chi connectivity index (χ2n) is 9.81. The molecule has 1 saturated heterocycles. The van der Waals surface area contributed by atoms with Crippen LogP contribution in [0.25, 0.3) is 0 Å². The molecule has 0 bridgehead atoms. The molecule has 1 atom stereocenters. The van der Waals surface area contributed by atoms with Gasteiger partial charge in [0.15, 0.2) is 0 Å². The minimum Gasteiger partial charge on any atom is -0.466 e. The van der Waals surface area contributed by atoms with Crippen molar-refractivity contribution < 1.29 is 32.6 Å². The number of nitrogens with one attached hydrogen (secondary N) is 1. The molecule has 0 saturated carbocycles. The van der Waals surface area contributed by atoms with E-state index in [2.05, 4.69) is 10.2 Å². The van der Waals surface area contributed by atoms with Crippen molar-refractivity contribution in [2.24, 2.45) is 0 Å². The number of dihydropyridines is 1. The summed E-state index contributed by atoms with van der Waals surface area (Å²) in [7, 11) is 4.26. The molecule has 40 heavy (non-hydrogen) atoms. The monoisotopic (exact) mass is 553 g/mol. The Morgan fingerprint density at radius 1 is 0.825 bits per heavy atom. The van der Waals surface area contributed by atoms with Crippen molar-refractivity contribution in [2.75, 3.05) is 47.4 Å². The number of methoxy groups -OCH3 is 2. The SMILES string of the molecule is COC(=O)C1=C(CCc2ccccc2)NC(CC(=O)N2CCN(C)CC2)=C(C(=O)OC)C1c1c(F)cccc1F. The van der Waals surface area contributed by atoms with Crippen LogP contribution < -0.4 is 5.32 Å². The van der Waals surface area contributed by atoms with Crippen molar-refractivity contribution in [1.29, 1.82) is 0 Å². The Labute approximate surface area is 232 Å². The maximum absolute atomic E-state index is 15.3. The number of hydrogen-bond donors (Lipinski definition) is 1. The van der Waals surface area contributed by atoms with Crippen molar-refractivity contribution in [3.8, 4) is 0 Å². The van der Waals surface area contributed by atoms with Crippen LogP contribution in [0.15, 0.2) is 71.1 Å². The van der Waals surface area contributed by atoms with Crippen LogP contribution in [0.3, 0.4) is 0 Å². The molecule has 1 fully saturated rings. The van der Waals surface area contributed by atoms with E-state index in [9.17, 15) is 14.4 Å². The smallest absolute Gasteiger partial charge is 0.336 e. The third kappa shape index (κ3) is 6.22. The second-order valence-corrected chi connectivity index (χ2v) is 9.81. The largest absolute Gasteiger partial charge is 0.466 e. The van der Waals surface area contributed by atoms with Gasteiger partial charge in [0.25, 0.3) is 0 Å². The van der Waals surface area contributed by atoms with Crippen LogP contribution in [0.1, 0.15) is 29.9 Å². The van der Waals surface area contributed by atoms with E-state index >= 15 is 8.78 Å². The molecule has 0 radical (unpaired) electrons. The molecular formula is C30H33F2N3O5. The van der Waals surface area contributed by atoms with Crippen molar-refractivity contribution >= 4 is 17.8 Å². The molecule has 2 aliphatic rings. The Morgan fingerprint density at radius 2 is 1.40 bits per heavy atom. The summed E-state index contributed by atoms with van der Waals surface area (Å²) < 4.78 is 40.7. The number of ether oxygens (including phenoxy) is 2. The van der Waals surface area contributed by atoms with Gasteiger partial charge in [-0.3, -0.25) is 4.79 Å². The number of allylic oxidation sites excluding steroid dienone is 1. The molecule has 1 unspecified atom stereocenters. The highest BCUT2D eigenvalue weighted by Crippen LogP contribution is 2.43. The topological polar surface area (TPSA) is 88.2 Å². The number of likely N-dealkylation sites (N-methyl/N-ethyl adjacent to an activating group) is 1. The maximum atomic E-state index is 15.3. The predicted molar refractivity (Wildman–Crippen MR) is 144 cm³/mol. The van der Waals surface area contributed by atoms with Gasteiger partial charge in [-0.05, 0) is 37.6 Å². The van der Waals surface area contributed by atoms with E-state index in [4.69, 9.17) is 9.47 Å². The molecule has 2 aromatic rings. The fourth-order valence-electron chi connectivity index (χ4n) is 5.16. The number of carbonyl (C=O) groups excluding carboxylic acids is 3. The molecular weight excluding hydrogens is 520 g/mol. The molecule has 2 aliphatic heterocycles. The van der Waals surface area contributed by atoms with Crippen LogP contribution in [-0.2, 0) is 30.3 Å². The first kappa shape index (κ1) is 28.9. The van der Waals surface area contributed by atoms with E-state index in [0.717, 1.165) is 31.9 Å². The number of amides is 1. The minimum atomic E-state index is -1.50. The van der Waals surface area contributed by atoms with Crippen LogP contribution in [-0.4, -0.2) is 75.1 Å². The van der Waals surface area contributed by atoms with Gasteiger partial charge in [0.1, 0.15) is 11.6 Å². The number of carbonyl (C=O) groups is 3. The van der Waals surface area contributed by atoms with Gasteiger partial charge in [-0.15, -0.1) is 0 Å². The van der Waals surface area contributed by atoms with Gasteiger partial charge in [0.2, 0.25) is 5.91 Å². The molecule has 0 spiro atoms. The summed E-state index contributed by atoms with van der Waals surface area (Å²) >= 11 is 0. The standard InChI is InChI=1S/C30H33F2N3O5/c1-34-14-16-35(17-15-34)24(36)18-23-27(30(38)40-3)28(25-20(31)10-7-11-21(25)32)26(29(37)39-2)22(33-23)13-12-19-8-5-4-6-9-19/h4-11,28,33H,12-18H2,1-3H3. The Morgan fingerprint density at radius 3 is 1.98 bits per heavy atom. The van der Waals surface area contributed by atoms with Gasteiger partial charge >= 0.3 is 11.9 Å². The minimum absolute atomic E-state index is 0.112. The van der Waals surface area contributed by atoms with Gasteiger partial charge in [-0.1, -0.05) is 36.4 Å². The maximum Gasteiger partial charge on any atom is 0.336 e. The lowest BCUT2D eigenvalue weighted by Crippen LogP contribution is -2.47. The van der Waals surface area contributed by atoms with E-state index in [0.29, 0.717) is 38.3 Å². The van der Waals surface area contributed by atoms with Crippen molar-refractivity contribution in [3.05, 3.63) is 93.8 Å². The second kappa shape index (κ2) is 12.9. The summed E-state index contributed by atoms with van der Waals surface area (Å²) in [6.45, 7) is 2.40. The van der Waals surface area contributed by atoms with E-state index < -0.39 is 35.1 Å². The third-order valence-corrected chi connectivity index (χ3v) is 7.32. The molecule has 2 heterocycles.